The molecule has 0 bridgehead atoms. The molecule has 6 nitrogen and oxygen atoms in total. The molecule has 0 aliphatic carbocycles. The lowest BCUT2D eigenvalue weighted by Crippen LogP contribution is -2.44. The molecule has 1 saturated heterocycles. The van der Waals surface area contributed by atoms with Gasteiger partial charge in [0, 0.05) is 32.7 Å². The zero-order chi connectivity index (χ0) is 15.1. The minimum Gasteiger partial charge on any atom is -0.495 e. The summed E-state index contributed by atoms with van der Waals surface area (Å²) in [4.78, 5) is 2.53. The lowest BCUT2D eigenvalue weighted by atomic mass is 10.3. The molecular weight excluding hydrogens is 361 g/mol. The summed E-state index contributed by atoms with van der Waals surface area (Å²) in [7, 11) is -2.04. The topological polar surface area (TPSA) is 70.7 Å². The summed E-state index contributed by atoms with van der Waals surface area (Å²) in [5.74, 6) is 0.368. The summed E-state index contributed by atoms with van der Waals surface area (Å²) < 4.78 is 32.2. The van der Waals surface area contributed by atoms with E-state index in [1.165, 1.54) is 7.11 Å². The van der Waals surface area contributed by atoms with E-state index >= 15 is 0 Å². The normalized spacial score (nSPS) is 15.3. The molecule has 0 radical (unpaired) electrons. The van der Waals surface area contributed by atoms with E-state index in [4.69, 9.17) is 4.74 Å². The van der Waals surface area contributed by atoms with Crippen LogP contribution in [0.2, 0.25) is 0 Å². The zero-order valence-corrected chi connectivity index (χ0v) is 15.6. The minimum atomic E-state index is -3.51. The van der Waals surface area contributed by atoms with Gasteiger partial charge in [0.25, 0.3) is 0 Å². The summed E-state index contributed by atoms with van der Waals surface area (Å²) in [5.41, 5.74) is 0. The number of sulfonamides is 1. The molecule has 1 aromatic rings. The number of nitrogens with zero attached hydrogens (tertiary/aromatic N) is 1. The van der Waals surface area contributed by atoms with E-state index in [9.17, 15) is 8.42 Å². The van der Waals surface area contributed by atoms with Crippen LogP contribution < -0.4 is 14.8 Å². The number of halogens is 2. The number of benzene rings is 1. The maximum atomic E-state index is 12.2. The Labute approximate surface area is 150 Å². The first-order valence-corrected chi connectivity index (χ1v) is 8.67. The van der Waals surface area contributed by atoms with Crippen LogP contribution in [0.5, 0.6) is 5.75 Å². The summed E-state index contributed by atoms with van der Waals surface area (Å²) >= 11 is 0. The van der Waals surface area contributed by atoms with Crippen molar-refractivity contribution in [2.75, 3.05) is 46.4 Å². The molecule has 1 heterocycles. The number of nitrogens with one attached hydrogen (secondary N) is 2. The fraction of sp³-hybridized carbons (Fsp3) is 0.571. The van der Waals surface area contributed by atoms with Crippen molar-refractivity contribution in [2.45, 2.75) is 11.3 Å². The fourth-order valence-corrected chi connectivity index (χ4v) is 3.61. The molecule has 0 aromatic heterocycles. The predicted molar refractivity (Wildman–Crippen MR) is 96.6 cm³/mol. The molecule has 0 spiro atoms. The highest BCUT2D eigenvalue weighted by molar-refractivity contribution is 7.89. The highest BCUT2D eigenvalue weighted by atomic mass is 35.5. The third-order valence-electron chi connectivity index (χ3n) is 3.51. The highest BCUT2D eigenvalue weighted by Gasteiger charge is 2.18. The number of para-hydroxylation sites is 1. The maximum absolute atomic E-state index is 12.2. The molecule has 1 aliphatic rings. The quantitative estimate of drug-likeness (QED) is 0.688. The van der Waals surface area contributed by atoms with Gasteiger partial charge in [0.1, 0.15) is 10.6 Å². The minimum absolute atomic E-state index is 0. The van der Waals surface area contributed by atoms with Crippen LogP contribution in [0.4, 0.5) is 0 Å². The molecule has 2 N–H and O–H groups in total. The first-order chi connectivity index (χ1) is 10.1. The van der Waals surface area contributed by atoms with Crippen molar-refractivity contribution in [1.82, 2.24) is 14.9 Å². The van der Waals surface area contributed by atoms with Crippen LogP contribution in [0, 0.1) is 0 Å². The Morgan fingerprint density at radius 2 is 1.87 bits per heavy atom. The first-order valence-electron chi connectivity index (χ1n) is 7.19. The van der Waals surface area contributed by atoms with Crippen molar-refractivity contribution >= 4 is 34.8 Å². The molecule has 2 rings (SSSR count). The number of hydrogen-bond acceptors (Lipinski definition) is 5. The van der Waals surface area contributed by atoms with Gasteiger partial charge in [0.2, 0.25) is 10.0 Å². The third-order valence-corrected chi connectivity index (χ3v) is 5.01. The van der Waals surface area contributed by atoms with Crippen LogP contribution in [0.1, 0.15) is 6.42 Å². The largest absolute Gasteiger partial charge is 0.495 e. The van der Waals surface area contributed by atoms with Crippen molar-refractivity contribution in [3.05, 3.63) is 24.3 Å². The molecular formula is C14H25Cl2N3O3S. The van der Waals surface area contributed by atoms with Gasteiger partial charge >= 0.3 is 0 Å². The second kappa shape index (κ2) is 11.1. The van der Waals surface area contributed by atoms with Crippen molar-refractivity contribution in [3.63, 3.8) is 0 Å². The van der Waals surface area contributed by atoms with Gasteiger partial charge in [-0.05, 0) is 25.1 Å². The lowest BCUT2D eigenvalue weighted by Gasteiger charge is -2.27. The second-order valence-corrected chi connectivity index (χ2v) is 6.73. The monoisotopic (exact) mass is 385 g/mol. The average Bonchev–Trinajstić information content (AvgIpc) is 2.52. The molecule has 0 amide bonds. The predicted octanol–water partition coefficient (Wildman–Crippen LogP) is 1.11. The number of ether oxygens (including phenoxy) is 1. The number of rotatable bonds is 7. The summed E-state index contributed by atoms with van der Waals surface area (Å²) in [5, 5.41) is 3.30. The van der Waals surface area contributed by atoms with Gasteiger partial charge in [-0.25, -0.2) is 13.1 Å². The van der Waals surface area contributed by atoms with E-state index in [-0.39, 0.29) is 29.7 Å². The van der Waals surface area contributed by atoms with Crippen molar-refractivity contribution in [1.29, 1.82) is 0 Å². The number of methoxy groups -OCH3 is 1. The van der Waals surface area contributed by atoms with E-state index in [0.29, 0.717) is 12.3 Å². The smallest absolute Gasteiger partial charge is 0.244 e. The lowest BCUT2D eigenvalue weighted by molar-refractivity contribution is 0.239. The van der Waals surface area contributed by atoms with Crippen LogP contribution in [0.25, 0.3) is 0 Å². The molecule has 9 heteroatoms. The zero-order valence-electron chi connectivity index (χ0n) is 13.2. The van der Waals surface area contributed by atoms with Crippen LogP contribution in [-0.2, 0) is 10.0 Å². The molecule has 0 atom stereocenters. The Bertz CT molecular complexity index is 552. The van der Waals surface area contributed by atoms with Gasteiger partial charge in [-0.15, -0.1) is 24.8 Å². The Hall–Kier alpha value is -0.570. The van der Waals surface area contributed by atoms with Crippen molar-refractivity contribution in [2.24, 2.45) is 0 Å². The molecule has 0 unspecified atom stereocenters. The average molecular weight is 386 g/mol. The molecule has 0 saturated carbocycles. The molecule has 1 fully saturated rings. The van der Waals surface area contributed by atoms with Gasteiger partial charge in [0.15, 0.2) is 0 Å². The fourth-order valence-electron chi connectivity index (χ4n) is 2.36. The second-order valence-electron chi connectivity index (χ2n) is 4.99. The Morgan fingerprint density at radius 1 is 1.22 bits per heavy atom. The SMILES string of the molecule is COc1ccccc1S(=O)(=O)NCCCN1CCNCC1.Cl.Cl. The standard InChI is InChI=1S/C14H23N3O3S.2ClH/c1-20-13-5-2-3-6-14(13)21(18,19)16-7-4-10-17-11-8-15-9-12-17;;/h2-3,5-6,15-16H,4,7-12H2,1H3;2*1H. The third kappa shape index (κ3) is 6.82. The van der Waals surface area contributed by atoms with Gasteiger partial charge in [-0.1, -0.05) is 12.1 Å². The van der Waals surface area contributed by atoms with Crippen molar-refractivity contribution in [3.8, 4) is 5.75 Å². The van der Waals surface area contributed by atoms with Crippen LogP contribution in [0.15, 0.2) is 29.2 Å². The summed E-state index contributed by atoms with van der Waals surface area (Å²) in [6.07, 6.45) is 0.800. The van der Waals surface area contributed by atoms with E-state index in [1.807, 2.05) is 0 Å². The summed E-state index contributed by atoms with van der Waals surface area (Å²) in [6, 6.07) is 6.65. The number of hydrogen-bond donors (Lipinski definition) is 2. The summed E-state index contributed by atoms with van der Waals surface area (Å²) in [6.45, 7) is 5.42. The van der Waals surface area contributed by atoms with Gasteiger partial charge < -0.3 is 15.0 Å². The highest BCUT2D eigenvalue weighted by Crippen LogP contribution is 2.22. The number of piperazine rings is 1. The Balaban J connectivity index is 0.00000242. The Kier molecular flexibility index (Phi) is 10.8. The van der Waals surface area contributed by atoms with E-state index in [1.54, 1.807) is 24.3 Å². The first kappa shape index (κ1) is 22.4. The van der Waals surface area contributed by atoms with Crippen molar-refractivity contribution < 1.29 is 13.2 Å². The maximum Gasteiger partial charge on any atom is 0.244 e. The van der Waals surface area contributed by atoms with Crippen LogP contribution >= 0.6 is 24.8 Å². The van der Waals surface area contributed by atoms with E-state index < -0.39 is 10.0 Å². The van der Waals surface area contributed by atoms with E-state index in [2.05, 4.69) is 14.9 Å². The van der Waals surface area contributed by atoms with E-state index in [0.717, 1.165) is 39.1 Å². The Morgan fingerprint density at radius 3 is 2.52 bits per heavy atom. The van der Waals surface area contributed by atoms with Crippen LogP contribution in [-0.4, -0.2) is 59.7 Å². The molecule has 1 aromatic carbocycles. The van der Waals surface area contributed by atoms with Gasteiger partial charge in [0.05, 0.1) is 7.11 Å². The molecule has 1 aliphatic heterocycles. The van der Waals surface area contributed by atoms with Crippen LogP contribution in [0.3, 0.4) is 0 Å². The molecule has 134 valence electrons. The molecule has 23 heavy (non-hydrogen) atoms. The van der Waals surface area contributed by atoms with Gasteiger partial charge in [-0.3, -0.25) is 0 Å². The van der Waals surface area contributed by atoms with Gasteiger partial charge in [-0.2, -0.15) is 0 Å².